The van der Waals surface area contributed by atoms with Crippen LogP contribution < -0.4 is 4.52 Å². The molecule has 0 saturated heterocycles. The smallest absolute Gasteiger partial charge is 0.453 e. The van der Waals surface area contributed by atoms with Gasteiger partial charge in [-0.3, -0.25) is 4.79 Å². The summed E-state index contributed by atoms with van der Waals surface area (Å²) in [6, 6.07) is 14.7. The van der Waals surface area contributed by atoms with Crippen molar-refractivity contribution in [3.05, 3.63) is 93.0 Å². The van der Waals surface area contributed by atoms with E-state index in [-0.39, 0.29) is 25.6 Å². The number of aliphatic hydroxyl groups is 3. The third-order valence-electron chi connectivity index (χ3n) is 9.57. The SMILES string of the molecule is CC(C)(C)c1cc(CO)cc(-c2cc(CO)cc(C(C)(C)C)c2Op2oc3c(C(C)(C)C)cc(C=O)cc3c3cc(CO)cc(C(C)(C)C)c3o2)c1O. The second kappa shape index (κ2) is 14.3. The minimum atomic E-state index is -2.28. The van der Waals surface area contributed by atoms with Crippen molar-refractivity contribution in [3.63, 3.8) is 0 Å². The summed E-state index contributed by atoms with van der Waals surface area (Å²) in [7, 11) is -2.28. The van der Waals surface area contributed by atoms with E-state index in [2.05, 4.69) is 20.8 Å². The summed E-state index contributed by atoms with van der Waals surface area (Å²) < 4.78 is 20.8. The lowest BCUT2D eigenvalue weighted by atomic mass is 9.80. The van der Waals surface area contributed by atoms with Crippen LogP contribution in [0.25, 0.3) is 33.1 Å². The molecule has 0 radical (unpaired) electrons. The maximum Gasteiger partial charge on any atom is 0.453 e. The highest BCUT2D eigenvalue weighted by molar-refractivity contribution is 7.32. The van der Waals surface area contributed by atoms with Gasteiger partial charge in [-0.25, -0.2) is 0 Å². The largest absolute Gasteiger partial charge is 0.507 e. The zero-order chi connectivity index (χ0) is 39.4. The number of rotatable bonds is 7. The van der Waals surface area contributed by atoms with Crippen molar-refractivity contribution in [3.8, 4) is 22.6 Å². The molecule has 0 spiro atoms. The van der Waals surface area contributed by atoms with Crippen LogP contribution >= 0.6 is 8.24 Å². The predicted molar refractivity (Wildman–Crippen MR) is 214 cm³/mol. The molecule has 0 aliphatic rings. The Hall–Kier alpha value is -4.07. The number of hydrogen-bond donors (Lipinski definition) is 4. The van der Waals surface area contributed by atoms with Crippen LogP contribution in [0.1, 0.15) is 132 Å². The molecule has 4 aromatic carbocycles. The number of fused-ring (bicyclic) bond motifs is 3. The highest BCUT2D eigenvalue weighted by atomic mass is 31.1. The first-order chi connectivity index (χ1) is 24.5. The fourth-order valence-electron chi connectivity index (χ4n) is 6.69. The van der Waals surface area contributed by atoms with E-state index in [0.717, 1.165) is 23.0 Å². The number of carbonyl (C=O) groups excluding carboxylic acids is 1. The molecular formula is C44H55O8P. The number of benzene rings is 4. The second-order valence-corrected chi connectivity index (χ2v) is 19.1. The van der Waals surface area contributed by atoms with Crippen molar-refractivity contribution < 1.29 is 38.1 Å². The average Bonchev–Trinajstić information content (AvgIpc) is 3.21. The Bertz CT molecular complexity index is 2240. The third-order valence-corrected chi connectivity index (χ3v) is 10.6. The first-order valence-corrected chi connectivity index (χ1v) is 19.1. The molecule has 0 saturated carbocycles. The summed E-state index contributed by atoms with van der Waals surface area (Å²) in [5.74, 6) is 0.450. The summed E-state index contributed by atoms with van der Waals surface area (Å²) in [4.78, 5) is 12.4. The van der Waals surface area contributed by atoms with E-state index in [4.69, 9.17) is 12.9 Å². The molecule has 284 valence electrons. The molecule has 9 heteroatoms. The molecule has 8 nitrogen and oxygen atoms in total. The fraction of sp³-hybridized carbons (Fsp3) is 0.432. The molecule has 5 rings (SSSR count). The van der Waals surface area contributed by atoms with Crippen LogP contribution in [0.4, 0.5) is 0 Å². The Morgan fingerprint density at radius 1 is 0.566 bits per heavy atom. The molecule has 0 aliphatic carbocycles. The fourth-order valence-corrected chi connectivity index (χ4v) is 7.84. The molecule has 4 N–H and O–H groups in total. The van der Waals surface area contributed by atoms with Crippen LogP contribution in [0, 0.1) is 0 Å². The molecule has 5 aromatic rings. The van der Waals surface area contributed by atoms with Gasteiger partial charge < -0.3 is 33.3 Å². The van der Waals surface area contributed by atoms with E-state index in [1.54, 1.807) is 18.2 Å². The van der Waals surface area contributed by atoms with Crippen molar-refractivity contribution in [1.29, 1.82) is 0 Å². The average molecular weight is 743 g/mol. The van der Waals surface area contributed by atoms with Crippen LogP contribution in [0.5, 0.6) is 11.5 Å². The van der Waals surface area contributed by atoms with Crippen molar-refractivity contribution in [2.75, 3.05) is 0 Å². The molecule has 0 fully saturated rings. The number of hydrogen-bond acceptors (Lipinski definition) is 8. The Morgan fingerprint density at radius 3 is 1.45 bits per heavy atom. The number of aliphatic hydroxyl groups excluding tert-OH is 3. The van der Waals surface area contributed by atoms with Gasteiger partial charge in [-0.2, -0.15) is 0 Å². The van der Waals surface area contributed by atoms with E-state index in [1.807, 2.05) is 92.6 Å². The van der Waals surface area contributed by atoms with Gasteiger partial charge in [0.2, 0.25) is 0 Å². The van der Waals surface area contributed by atoms with Crippen LogP contribution in [-0.4, -0.2) is 26.7 Å². The highest BCUT2D eigenvalue weighted by Gasteiger charge is 2.31. The van der Waals surface area contributed by atoms with E-state index in [1.165, 1.54) is 0 Å². The molecule has 1 heterocycles. The summed E-state index contributed by atoms with van der Waals surface area (Å²) in [6.45, 7) is 23.8. The van der Waals surface area contributed by atoms with Crippen molar-refractivity contribution in [2.45, 2.75) is 125 Å². The maximum atomic E-state index is 12.4. The lowest BCUT2D eigenvalue weighted by molar-refractivity contribution is 0.112. The number of phenols is 1. The van der Waals surface area contributed by atoms with Gasteiger partial charge in [-0.05, 0) is 86.9 Å². The third kappa shape index (κ3) is 8.07. The van der Waals surface area contributed by atoms with Gasteiger partial charge in [-0.15, -0.1) is 0 Å². The van der Waals surface area contributed by atoms with Gasteiger partial charge in [0.25, 0.3) is 0 Å². The standard InChI is InChI=1S/C44H55O8P/c1-41(2,3)33-17-25(21-45)13-29(37(33)49)30-14-26(22-46)18-34(42(4,5)6)38(30)50-53-51-39-31(15-27(23-47)19-35(39)43(7,8)9)32-16-28(24-48)20-36(40(32)52-53)44(10,11)12/h13-20,23,45-46,48-49H,21-22,24H2,1-12H3. The van der Waals surface area contributed by atoms with Crippen molar-refractivity contribution >= 4 is 36.5 Å². The van der Waals surface area contributed by atoms with E-state index in [0.29, 0.717) is 66.6 Å². The van der Waals surface area contributed by atoms with Gasteiger partial charge in [0.05, 0.1) is 19.8 Å². The number of carbonyl (C=O) groups is 1. The van der Waals surface area contributed by atoms with Crippen LogP contribution in [0.15, 0.2) is 56.9 Å². The van der Waals surface area contributed by atoms with Crippen LogP contribution in [-0.2, 0) is 41.5 Å². The molecule has 0 amide bonds. The van der Waals surface area contributed by atoms with Gasteiger partial charge >= 0.3 is 8.24 Å². The van der Waals surface area contributed by atoms with E-state index in [9.17, 15) is 25.2 Å². The van der Waals surface area contributed by atoms with Crippen molar-refractivity contribution in [2.24, 2.45) is 0 Å². The summed E-state index contributed by atoms with van der Waals surface area (Å²) >= 11 is 0. The Kier molecular flexibility index (Phi) is 10.8. The molecule has 1 aromatic heterocycles. The van der Waals surface area contributed by atoms with E-state index >= 15 is 0 Å². The van der Waals surface area contributed by atoms with Crippen LogP contribution in [0.3, 0.4) is 0 Å². The molecule has 1 unspecified atom stereocenters. The summed E-state index contributed by atoms with van der Waals surface area (Å²) in [6.07, 6.45) is 0.824. The van der Waals surface area contributed by atoms with Gasteiger partial charge in [0, 0.05) is 49.7 Å². The molecular weight excluding hydrogens is 687 g/mol. The first kappa shape index (κ1) is 40.1. The second-order valence-electron chi connectivity index (χ2n) is 18.1. The zero-order valence-electron chi connectivity index (χ0n) is 33.2. The van der Waals surface area contributed by atoms with Crippen molar-refractivity contribution in [1.82, 2.24) is 0 Å². The lowest BCUT2D eigenvalue weighted by Crippen LogP contribution is -2.15. The number of aromatic hydroxyl groups is 1. The lowest BCUT2D eigenvalue weighted by Gasteiger charge is -2.27. The summed E-state index contributed by atoms with van der Waals surface area (Å²) in [5.41, 5.74) is 5.56. The van der Waals surface area contributed by atoms with Gasteiger partial charge in [-0.1, -0.05) is 83.1 Å². The normalized spacial score (nSPS) is 13.2. The number of phenolic OH excluding ortho intramolecular Hbond substituents is 1. The Balaban J connectivity index is 2.02. The monoisotopic (exact) mass is 742 g/mol. The van der Waals surface area contributed by atoms with Crippen LogP contribution in [0.2, 0.25) is 0 Å². The number of aldehydes is 1. The topological polar surface area (TPSA) is 134 Å². The Labute approximate surface area is 314 Å². The maximum absolute atomic E-state index is 12.4. The molecule has 1 atom stereocenters. The quantitative estimate of drug-likeness (QED) is 0.121. The van der Waals surface area contributed by atoms with Gasteiger partial charge in [0.15, 0.2) is 0 Å². The predicted octanol–water partition coefficient (Wildman–Crippen LogP) is 11.0. The first-order valence-electron chi connectivity index (χ1n) is 18.0. The minimum Gasteiger partial charge on any atom is -0.507 e. The highest BCUT2D eigenvalue weighted by Crippen LogP contribution is 2.51. The molecule has 0 aliphatic heterocycles. The van der Waals surface area contributed by atoms with Gasteiger partial charge in [0.1, 0.15) is 29.0 Å². The van der Waals surface area contributed by atoms with E-state index < -0.39 is 29.9 Å². The Morgan fingerprint density at radius 2 is 0.981 bits per heavy atom. The molecule has 0 bridgehead atoms. The molecule has 53 heavy (non-hydrogen) atoms. The zero-order valence-corrected chi connectivity index (χ0v) is 34.1. The summed E-state index contributed by atoms with van der Waals surface area (Å²) in [5, 5.41) is 44.5. The minimum absolute atomic E-state index is 0.0450.